The number of amides is 5. The number of hydrogen-bond donors (Lipinski definition) is 8. The molecule has 0 saturated heterocycles. The second-order valence-corrected chi connectivity index (χ2v) is 15.6. The molecule has 4 aromatic rings. The molecule has 0 bridgehead atoms. The molecule has 5 amide bonds. The number of benzene rings is 3. The molecule has 9 N–H and O–H groups in total. The van der Waals surface area contributed by atoms with E-state index < -0.39 is 78.1 Å². The summed E-state index contributed by atoms with van der Waals surface area (Å²) >= 11 is 0. The second-order valence-electron chi connectivity index (χ2n) is 15.6. The van der Waals surface area contributed by atoms with Crippen LogP contribution in [0.3, 0.4) is 0 Å². The Morgan fingerprint density at radius 1 is 0.831 bits per heavy atom. The van der Waals surface area contributed by atoms with Crippen LogP contribution in [0.25, 0.3) is 10.9 Å². The Morgan fingerprint density at radius 3 is 2.12 bits per heavy atom. The summed E-state index contributed by atoms with van der Waals surface area (Å²) in [5.74, 6) is -5.21. The second kappa shape index (κ2) is 20.0. The Labute approximate surface area is 343 Å². The van der Waals surface area contributed by atoms with Gasteiger partial charge in [-0.3, -0.25) is 24.0 Å². The number of fused-ring (bicyclic) bond motifs is 3. The molecular formula is C44H55N7O8. The highest BCUT2D eigenvalue weighted by atomic mass is 16.4. The Hall–Kier alpha value is -6.22. The summed E-state index contributed by atoms with van der Waals surface area (Å²) in [5.41, 5.74) is 9.52. The summed E-state index contributed by atoms with van der Waals surface area (Å²) in [7, 11) is 0. The first-order chi connectivity index (χ1) is 28.2. The Balaban J connectivity index is 1.39. The summed E-state index contributed by atoms with van der Waals surface area (Å²) in [6, 6.07) is 17.9. The highest BCUT2D eigenvalue weighted by Gasteiger charge is 2.38. The number of carbonyl (C=O) groups excluding carboxylic acids is 5. The van der Waals surface area contributed by atoms with Gasteiger partial charge in [-0.2, -0.15) is 0 Å². The van der Waals surface area contributed by atoms with Gasteiger partial charge < -0.3 is 47.1 Å². The number of nitrogens with zero attached hydrogens (tertiary/aromatic N) is 1. The zero-order valence-electron chi connectivity index (χ0n) is 33.9. The van der Waals surface area contributed by atoms with Crippen molar-refractivity contribution in [1.29, 1.82) is 0 Å². The monoisotopic (exact) mass is 809 g/mol. The van der Waals surface area contributed by atoms with E-state index in [0.29, 0.717) is 23.2 Å². The molecule has 314 valence electrons. The van der Waals surface area contributed by atoms with Gasteiger partial charge in [-0.1, -0.05) is 94.8 Å². The summed E-state index contributed by atoms with van der Waals surface area (Å²) in [6.45, 7) is 6.94. The molecule has 2 heterocycles. The van der Waals surface area contributed by atoms with Crippen molar-refractivity contribution in [1.82, 2.24) is 31.2 Å². The zero-order chi connectivity index (χ0) is 42.8. The van der Waals surface area contributed by atoms with Gasteiger partial charge in [0.25, 0.3) is 0 Å². The van der Waals surface area contributed by atoms with Gasteiger partial charge in [0, 0.05) is 42.4 Å². The summed E-state index contributed by atoms with van der Waals surface area (Å²) < 4.78 is 0. The molecule has 1 aliphatic heterocycles. The van der Waals surface area contributed by atoms with E-state index in [2.05, 4.69) is 26.3 Å². The van der Waals surface area contributed by atoms with Crippen LogP contribution >= 0.6 is 0 Å². The number of carboxylic acids is 1. The minimum absolute atomic E-state index is 0.0105. The van der Waals surface area contributed by atoms with Crippen LogP contribution in [0.2, 0.25) is 0 Å². The van der Waals surface area contributed by atoms with Crippen LogP contribution in [0.1, 0.15) is 56.5 Å². The first-order valence-corrected chi connectivity index (χ1v) is 20.0. The largest absolute Gasteiger partial charge is 0.508 e. The lowest BCUT2D eigenvalue weighted by Gasteiger charge is -2.30. The van der Waals surface area contributed by atoms with Crippen LogP contribution in [0.15, 0.2) is 78.9 Å². The van der Waals surface area contributed by atoms with Crippen molar-refractivity contribution in [2.45, 2.75) is 84.1 Å². The van der Waals surface area contributed by atoms with Crippen LogP contribution in [-0.4, -0.2) is 92.9 Å². The van der Waals surface area contributed by atoms with Crippen molar-refractivity contribution in [3.63, 3.8) is 0 Å². The smallest absolute Gasteiger partial charge is 0.326 e. The number of phenols is 1. The SMILES string of the molecule is CCC(C)C(NC(=O)C(Cc1ccc(O)cc1)NC(=O)C(CN)C(C)C)C(=O)NC1Cc2c([nH]c3ccccc23)CN(CC(=O)NC(Cc2ccccc2)C(=O)O)C1=O. The van der Waals surface area contributed by atoms with E-state index in [4.69, 9.17) is 5.73 Å². The van der Waals surface area contributed by atoms with E-state index >= 15 is 0 Å². The predicted octanol–water partition coefficient (Wildman–Crippen LogP) is 2.54. The van der Waals surface area contributed by atoms with Gasteiger partial charge in [-0.15, -0.1) is 0 Å². The molecule has 6 atom stereocenters. The fraction of sp³-hybridized carbons (Fsp3) is 0.409. The van der Waals surface area contributed by atoms with Gasteiger partial charge in [0.1, 0.15) is 36.5 Å². The molecule has 15 nitrogen and oxygen atoms in total. The third-order valence-electron chi connectivity index (χ3n) is 11.0. The Bertz CT molecular complexity index is 2120. The number of carboxylic acid groups (broad SMARTS) is 1. The highest BCUT2D eigenvalue weighted by molar-refractivity contribution is 5.97. The number of aromatic hydroxyl groups is 1. The Kier molecular flexibility index (Phi) is 14.9. The van der Waals surface area contributed by atoms with Gasteiger partial charge in [-0.05, 0) is 46.7 Å². The lowest BCUT2D eigenvalue weighted by atomic mass is 9.93. The molecule has 1 aliphatic rings. The standard InChI is InChI=1S/C44H55N7O8/c1-5-26(4)39(50-41(55)34(19-28-15-17-29(52)18-16-28)48-40(54)32(22-45)25(2)3)42(56)49-35-21-31-30-13-9-10-14-33(30)46-37(31)23-51(43(35)57)24-38(53)47-36(44(58)59)20-27-11-7-6-8-12-27/h6-18,25-26,32,34-36,39,46,52H,5,19-24,45H2,1-4H3,(H,47,53)(H,48,54)(H,49,56)(H,50,55)(H,58,59). The van der Waals surface area contributed by atoms with Crippen molar-refractivity contribution >= 4 is 46.4 Å². The van der Waals surface area contributed by atoms with Crippen molar-refractivity contribution in [2.24, 2.45) is 23.5 Å². The molecular weight excluding hydrogens is 755 g/mol. The average Bonchev–Trinajstić information content (AvgIpc) is 3.49. The number of para-hydroxylation sites is 1. The third-order valence-corrected chi connectivity index (χ3v) is 11.0. The lowest BCUT2D eigenvalue weighted by Crippen LogP contribution is -2.60. The van der Waals surface area contributed by atoms with Crippen LogP contribution in [0, 0.1) is 17.8 Å². The first kappa shape index (κ1) is 43.9. The molecule has 59 heavy (non-hydrogen) atoms. The van der Waals surface area contributed by atoms with Gasteiger partial charge in [0.05, 0.1) is 12.5 Å². The zero-order valence-corrected chi connectivity index (χ0v) is 33.9. The first-order valence-electron chi connectivity index (χ1n) is 20.0. The fourth-order valence-corrected chi connectivity index (χ4v) is 7.37. The average molecular weight is 810 g/mol. The number of H-pyrrole nitrogens is 1. The normalized spacial score (nSPS) is 16.5. The number of carbonyl (C=O) groups is 6. The Morgan fingerprint density at radius 2 is 1.47 bits per heavy atom. The third kappa shape index (κ3) is 11.3. The molecule has 0 fully saturated rings. The van der Waals surface area contributed by atoms with Crippen molar-refractivity contribution < 1.29 is 39.0 Å². The number of hydrogen-bond acceptors (Lipinski definition) is 8. The van der Waals surface area contributed by atoms with Gasteiger partial charge in [0.2, 0.25) is 29.5 Å². The van der Waals surface area contributed by atoms with Crippen LogP contribution in [0.5, 0.6) is 5.75 Å². The van der Waals surface area contributed by atoms with Crippen molar-refractivity contribution in [2.75, 3.05) is 13.1 Å². The number of phenolic OH excluding ortho intramolecular Hbond substituents is 1. The molecule has 6 unspecified atom stereocenters. The van der Waals surface area contributed by atoms with Crippen LogP contribution in [0.4, 0.5) is 0 Å². The van der Waals surface area contributed by atoms with E-state index in [1.807, 2.05) is 45.0 Å². The number of nitrogens with one attached hydrogen (secondary N) is 5. The molecule has 0 saturated carbocycles. The number of nitrogens with two attached hydrogens (primary N) is 1. The molecule has 0 aliphatic carbocycles. The molecule has 0 spiro atoms. The van der Waals surface area contributed by atoms with E-state index in [1.54, 1.807) is 49.4 Å². The van der Waals surface area contributed by atoms with Crippen molar-refractivity contribution in [3.05, 3.63) is 101 Å². The van der Waals surface area contributed by atoms with E-state index in [1.165, 1.54) is 17.0 Å². The van der Waals surface area contributed by atoms with Gasteiger partial charge >= 0.3 is 5.97 Å². The maximum atomic E-state index is 14.4. The number of aromatic nitrogens is 1. The van der Waals surface area contributed by atoms with E-state index in [0.717, 1.165) is 16.5 Å². The molecule has 15 heteroatoms. The molecule has 5 rings (SSSR count). The molecule has 0 radical (unpaired) electrons. The molecule has 3 aromatic carbocycles. The predicted molar refractivity (Wildman–Crippen MR) is 222 cm³/mol. The number of rotatable bonds is 18. The van der Waals surface area contributed by atoms with Gasteiger partial charge in [0.15, 0.2) is 0 Å². The molecule has 1 aromatic heterocycles. The van der Waals surface area contributed by atoms with Crippen LogP contribution in [-0.2, 0) is 54.6 Å². The maximum absolute atomic E-state index is 14.4. The van der Waals surface area contributed by atoms with Crippen molar-refractivity contribution in [3.8, 4) is 5.75 Å². The lowest BCUT2D eigenvalue weighted by molar-refractivity contribution is -0.143. The number of aromatic amines is 1. The van der Waals surface area contributed by atoms with Gasteiger partial charge in [-0.25, -0.2) is 4.79 Å². The fourth-order valence-electron chi connectivity index (χ4n) is 7.37. The minimum Gasteiger partial charge on any atom is -0.508 e. The summed E-state index contributed by atoms with van der Waals surface area (Å²) in [6.07, 6.45) is 0.636. The van der Waals surface area contributed by atoms with Crippen LogP contribution < -0.4 is 27.0 Å². The quantitative estimate of drug-likeness (QED) is 0.0737. The number of aliphatic carboxylic acids is 1. The summed E-state index contributed by atoms with van der Waals surface area (Å²) in [4.78, 5) is 86.5. The van der Waals surface area contributed by atoms with E-state index in [9.17, 15) is 39.0 Å². The minimum atomic E-state index is -1.25. The highest BCUT2D eigenvalue weighted by Crippen LogP contribution is 2.28. The summed E-state index contributed by atoms with van der Waals surface area (Å²) in [5, 5.41) is 31.7. The maximum Gasteiger partial charge on any atom is 0.326 e. The van der Waals surface area contributed by atoms with E-state index in [-0.39, 0.29) is 44.0 Å². The topological polar surface area (TPSA) is 236 Å².